The molecular formula is C17H29F3IN5S. The van der Waals surface area contributed by atoms with Crippen LogP contribution in [0.25, 0.3) is 0 Å². The number of guanidine groups is 1. The second kappa shape index (κ2) is 11.4. The highest BCUT2D eigenvalue weighted by molar-refractivity contribution is 14.0. The summed E-state index contributed by atoms with van der Waals surface area (Å²) >= 11 is 1.60. The molecule has 1 aromatic rings. The number of aromatic nitrogens is 1. The molecule has 1 aromatic heterocycles. The summed E-state index contributed by atoms with van der Waals surface area (Å²) in [5.74, 6) is 1.29. The van der Waals surface area contributed by atoms with E-state index in [0.29, 0.717) is 38.1 Å². The van der Waals surface area contributed by atoms with Crippen molar-refractivity contribution in [2.45, 2.75) is 45.8 Å². The van der Waals surface area contributed by atoms with Crippen molar-refractivity contribution in [3.8, 4) is 0 Å². The van der Waals surface area contributed by atoms with Gasteiger partial charge in [-0.3, -0.25) is 4.90 Å². The highest BCUT2D eigenvalue weighted by Crippen LogP contribution is 2.22. The van der Waals surface area contributed by atoms with Crippen LogP contribution in [0.1, 0.15) is 43.8 Å². The van der Waals surface area contributed by atoms with Gasteiger partial charge in [0.1, 0.15) is 5.01 Å². The van der Waals surface area contributed by atoms with Crippen molar-refractivity contribution in [2.75, 3.05) is 32.7 Å². The maximum atomic E-state index is 12.5. The lowest BCUT2D eigenvalue weighted by Gasteiger charge is -2.18. The molecule has 1 fully saturated rings. The molecule has 0 spiro atoms. The van der Waals surface area contributed by atoms with Crippen LogP contribution in [0.2, 0.25) is 0 Å². The quantitative estimate of drug-likeness (QED) is 0.327. The van der Waals surface area contributed by atoms with E-state index in [0.717, 1.165) is 23.7 Å². The minimum atomic E-state index is -4.12. The Morgan fingerprint density at radius 3 is 2.74 bits per heavy atom. The zero-order valence-corrected chi connectivity index (χ0v) is 19.1. The Morgan fingerprint density at radius 1 is 1.41 bits per heavy atom. The van der Waals surface area contributed by atoms with E-state index in [-0.39, 0.29) is 29.9 Å². The normalized spacial score (nSPS) is 18.6. The van der Waals surface area contributed by atoms with Gasteiger partial charge in [0.15, 0.2) is 5.96 Å². The summed E-state index contributed by atoms with van der Waals surface area (Å²) in [4.78, 5) is 10.6. The number of hydrogen-bond acceptors (Lipinski definition) is 4. The fourth-order valence-corrected chi connectivity index (χ4v) is 3.75. The third-order valence-electron chi connectivity index (χ3n) is 4.21. The van der Waals surface area contributed by atoms with Crippen LogP contribution in [0, 0.1) is 5.92 Å². The van der Waals surface area contributed by atoms with E-state index in [1.165, 1.54) is 4.90 Å². The molecule has 5 nitrogen and oxygen atoms in total. The smallest absolute Gasteiger partial charge is 0.357 e. The number of aliphatic imine (C=N–C) groups is 1. The summed E-state index contributed by atoms with van der Waals surface area (Å²) < 4.78 is 37.4. The van der Waals surface area contributed by atoms with Gasteiger partial charge in [0.05, 0.1) is 18.8 Å². The standard InChI is InChI=1S/C17H28F3N5S.HI/c1-4-21-16(23-8-15-24-14(10-26-15)12(2)3)22-7-13-5-6-25(9-13)11-17(18,19)20;/h10,12-13H,4-9,11H2,1-3H3,(H2,21,22,23);1H. The third-order valence-corrected chi connectivity index (χ3v) is 5.06. The molecule has 2 N–H and O–H groups in total. The van der Waals surface area contributed by atoms with Crippen LogP contribution in [0.4, 0.5) is 13.2 Å². The summed E-state index contributed by atoms with van der Waals surface area (Å²) in [5.41, 5.74) is 1.08. The van der Waals surface area contributed by atoms with Crippen LogP contribution in [0.15, 0.2) is 10.4 Å². The minimum Gasteiger partial charge on any atom is -0.357 e. The SMILES string of the molecule is CCNC(=NCc1nc(C(C)C)cs1)NCC1CCN(CC(F)(F)F)C1.I. The second-order valence-corrected chi connectivity index (χ2v) is 7.84. The molecule has 0 radical (unpaired) electrons. The van der Waals surface area contributed by atoms with Gasteiger partial charge in [-0.2, -0.15) is 13.2 Å². The number of thiazole rings is 1. The molecule has 1 saturated heterocycles. The Kier molecular flexibility index (Phi) is 10.3. The van der Waals surface area contributed by atoms with Crippen molar-refractivity contribution in [3.05, 3.63) is 16.1 Å². The molecule has 1 aliphatic heterocycles. The van der Waals surface area contributed by atoms with E-state index in [2.05, 4.69) is 39.8 Å². The molecule has 0 amide bonds. The van der Waals surface area contributed by atoms with Crippen LogP contribution in [0.5, 0.6) is 0 Å². The predicted molar refractivity (Wildman–Crippen MR) is 115 cm³/mol. The predicted octanol–water partition coefficient (Wildman–Crippen LogP) is 3.82. The van der Waals surface area contributed by atoms with E-state index in [1.807, 2.05) is 6.92 Å². The van der Waals surface area contributed by atoms with E-state index in [9.17, 15) is 13.2 Å². The van der Waals surface area contributed by atoms with Crippen LogP contribution >= 0.6 is 35.3 Å². The van der Waals surface area contributed by atoms with E-state index >= 15 is 0 Å². The summed E-state index contributed by atoms with van der Waals surface area (Å²) in [7, 11) is 0. The third kappa shape index (κ3) is 8.95. The highest BCUT2D eigenvalue weighted by atomic mass is 127. The van der Waals surface area contributed by atoms with E-state index in [4.69, 9.17) is 0 Å². The Balaban J connectivity index is 0.00000364. The molecule has 0 aliphatic carbocycles. The van der Waals surface area contributed by atoms with Crippen molar-refractivity contribution in [1.82, 2.24) is 20.5 Å². The van der Waals surface area contributed by atoms with Crippen LogP contribution < -0.4 is 10.6 Å². The molecule has 0 saturated carbocycles. The zero-order valence-electron chi connectivity index (χ0n) is 16.0. The fraction of sp³-hybridized carbons (Fsp3) is 0.765. The Morgan fingerprint density at radius 2 is 2.15 bits per heavy atom. The molecular weight excluding hydrogens is 490 g/mol. The van der Waals surface area contributed by atoms with E-state index < -0.39 is 12.7 Å². The van der Waals surface area contributed by atoms with Crippen molar-refractivity contribution < 1.29 is 13.2 Å². The summed E-state index contributed by atoms with van der Waals surface area (Å²) in [6, 6.07) is 0. The molecule has 1 unspecified atom stereocenters. The van der Waals surface area contributed by atoms with Gasteiger partial charge in [-0.05, 0) is 31.7 Å². The molecule has 156 valence electrons. The maximum Gasteiger partial charge on any atom is 0.401 e. The highest BCUT2D eigenvalue weighted by Gasteiger charge is 2.34. The van der Waals surface area contributed by atoms with Gasteiger partial charge in [-0.25, -0.2) is 9.98 Å². The van der Waals surface area contributed by atoms with Crippen molar-refractivity contribution >= 4 is 41.3 Å². The van der Waals surface area contributed by atoms with Crippen molar-refractivity contribution in [3.63, 3.8) is 0 Å². The Hall–Kier alpha value is -0.620. The van der Waals surface area contributed by atoms with Crippen LogP contribution in [0.3, 0.4) is 0 Å². The summed E-state index contributed by atoms with van der Waals surface area (Å²) in [6.07, 6.45) is -3.35. The van der Waals surface area contributed by atoms with Gasteiger partial charge in [0, 0.05) is 25.0 Å². The molecule has 2 rings (SSSR count). The second-order valence-electron chi connectivity index (χ2n) is 6.90. The first-order chi connectivity index (χ1) is 12.3. The van der Waals surface area contributed by atoms with Crippen LogP contribution in [-0.2, 0) is 6.54 Å². The molecule has 0 aromatic carbocycles. The largest absolute Gasteiger partial charge is 0.401 e. The summed E-state index contributed by atoms with van der Waals surface area (Å²) in [5, 5.41) is 9.45. The first kappa shape index (κ1) is 24.4. The molecule has 0 bridgehead atoms. The molecule has 10 heteroatoms. The van der Waals surface area contributed by atoms with Gasteiger partial charge in [0.2, 0.25) is 0 Å². The van der Waals surface area contributed by atoms with Gasteiger partial charge in [-0.15, -0.1) is 35.3 Å². The summed E-state index contributed by atoms with van der Waals surface area (Å²) in [6.45, 7) is 8.19. The lowest BCUT2D eigenvalue weighted by Crippen LogP contribution is -2.40. The lowest BCUT2D eigenvalue weighted by atomic mass is 10.1. The first-order valence-corrected chi connectivity index (χ1v) is 9.90. The van der Waals surface area contributed by atoms with Gasteiger partial charge < -0.3 is 10.6 Å². The average molecular weight is 519 g/mol. The minimum absolute atomic E-state index is 0. The van der Waals surface area contributed by atoms with Gasteiger partial charge in [0.25, 0.3) is 0 Å². The van der Waals surface area contributed by atoms with Gasteiger partial charge in [-0.1, -0.05) is 13.8 Å². The maximum absolute atomic E-state index is 12.5. The molecule has 1 aliphatic rings. The number of nitrogens with one attached hydrogen (secondary N) is 2. The van der Waals surface area contributed by atoms with Crippen molar-refractivity contribution in [1.29, 1.82) is 0 Å². The monoisotopic (exact) mass is 519 g/mol. The Labute approximate surface area is 180 Å². The lowest BCUT2D eigenvalue weighted by molar-refractivity contribution is -0.143. The van der Waals surface area contributed by atoms with Crippen molar-refractivity contribution in [2.24, 2.45) is 10.9 Å². The number of hydrogen-bond donors (Lipinski definition) is 2. The average Bonchev–Trinajstić information content (AvgIpc) is 3.18. The number of rotatable bonds is 7. The van der Waals surface area contributed by atoms with E-state index in [1.54, 1.807) is 11.3 Å². The fourth-order valence-electron chi connectivity index (χ4n) is 2.87. The zero-order chi connectivity index (χ0) is 19.2. The number of likely N-dealkylation sites (tertiary alicyclic amines) is 1. The molecule has 2 heterocycles. The Bertz CT molecular complexity index is 591. The molecule has 1 atom stereocenters. The number of alkyl halides is 3. The molecule has 27 heavy (non-hydrogen) atoms. The first-order valence-electron chi connectivity index (χ1n) is 9.02. The van der Waals surface area contributed by atoms with Crippen LogP contribution in [-0.4, -0.2) is 54.7 Å². The van der Waals surface area contributed by atoms with Gasteiger partial charge >= 0.3 is 6.18 Å². The number of halogens is 4. The topological polar surface area (TPSA) is 52.6 Å². The number of nitrogens with zero attached hydrogens (tertiary/aromatic N) is 3.